The van der Waals surface area contributed by atoms with Crippen LogP contribution in [-0.2, 0) is 17.6 Å². The molecule has 0 atom stereocenters. The normalized spacial score (nSPS) is 20.3. The third-order valence-electron chi connectivity index (χ3n) is 3.53. The van der Waals surface area contributed by atoms with Crippen molar-refractivity contribution < 1.29 is 13.9 Å². The number of rotatable bonds is 0. The lowest BCUT2D eigenvalue weighted by molar-refractivity contribution is -0.122. The number of anilines is 1. The molecule has 0 saturated heterocycles. The largest absolute Gasteiger partial charge is 0.493 e. The summed E-state index contributed by atoms with van der Waals surface area (Å²) in [6.45, 7) is 4.23. The molecule has 0 spiro atoms. The molecule has 90 valence electrons. The summed E-state index contributed by atoms with van der Waals surface area (Å²) >= 11 is 0. The summed E-state index contributed by atoms with van der Waals surface area (Å²) in [7, 11) is 0. The van der Waals surface area contributed by atoms with Gasteiger partial charge in [0.1, 0.15) is 11.6 Å². The number of ketones is 1. The molecule has 2 aliphatic heterocycles. The van der Waals surface area contributed by atoms with Crippen LogP contribution in [0.5, 0.6) is 5.75 Å². The minimum Gasteiger partial charge on any atom is -0.493 e. The summed E-state index contributed by atoms with van der Waals surface area (Å²) in [5.74, 6) is 0.277. The van der Waals surface area contributed by atoms with E-state index in [2.05, 4.69) is 5.32 Å². The number of benzene rings is 1. The van der Waals surface area contributed by atoms with Gasteiger partial charge in [0, 0.05) is 35.7 Å². The van der Waals surface area contributed by atoms with Crippen LogP contribution >= 0.6 is 0 Å². The third kappa shape index (κ3) is 1.43. The Bertz CT molecular complexity index is 523. The predicted octanol–water partition coefficient (Wildman–Crippen LogP) is 2.08. The average Bonchev–Trinajstić information content (AvgIpc) is 2.69. The summed E-state index contributed by atoms with van der Waals surface area (Å²) in [4.78, 5) is 11.9. The van der Waals surface area contributed by atoms with Gasteiger partial charge in [0.15, 0.2) is 5.78 Å². The Morgan fingerprint density at radius 2 is 2.18 bits per heavy atom. The molecule has 0 aromatic heterocycles. The number of Topliss-reactive ketones (excluding diaryl/α,β-unsaturated/α-hetero) is 1. The summed E-state index contributed by atoms with van der Waals surface area (Å²) < 4.78 is 19.3. The Labute approximate surface area is 99.0 Å². The van der Waals surface area contributed by atoms with Crippen LogP contribution in [0, 0.1) is 5.82 Å². The van der Waals surface area contributed by atoms with Gasteiger partial charge in [-0.3, -0.25) is 4.79 Å². The van der Waals surface area contributed by atoms with Crippen LogP contribution in [0.4, 0.5) is 10.1 Å². The Kier molecular flexibility index (Phi) is 2.00. The molecule has 1 aromatic carbocycles. The molecule has 2 heterocycles. The van der Waals surface area contributed by atoms with Crippen molar-refractivity contribution in [1.29, 1.82) is 0 Å². The van der Waals surface area contributed by atoms with Crippen molar-refractivity contribution in [3.8, 4) is 5.75 Å². The Morgan fingerprint density at radius 1 is 1.41 bits per heavy atom. The van der Waals surface area contributed by atoms with Gasteiger partial charge in [0.05, 0.1) is 12.1 Å². The monoisotopic (exact) mass is 235 g/mol. The van der Waals surface area contributed by atoms with Crippen LogP contribution in [0.25, 0.3) is 0 Å². The van der Waals surface area contributed by atoms with Crippen LogP contribution in [0.1, 0.15) is 25.0 Å². The Hall–Kier alpha value is -1.58. The fourth-order valence-electron chi connectivity index (χ4n) is 2.44. The van der Waals surface area contributed by atoms with Crippen molar-refractivity contribution in [3.05, 3.63) is 23.0 Å². The highest BCUT2D eigenvalue weighted by Crippen LogP contribution is 2.40. The molecule has 2 aliphatic rings. The molecule has 0 saturated carbocycles. The molecule has 1 aromatic rings. The molecule has 0 radical (unpaired) electrons. The molecule has 0 amide bonds. The van der Waals surface area contributed by atoms with Gasteiger partial charge in [0.2, 0.25) is 0 Å². The predicted molar refractivity (Wildman–Crippen MR) is 62.0 cm³/mol. The van der Waals surface area contributed by atoms with E-state index in [-0.39, 0.29) is 18.0 Å². The van der Waals surface area contributed by atoms with Gasteiger partial charge in [-0.05, 0) is 13.8 Å². The van der Waals surface area contributed by atoms with Crippen LogP contribution in [0.2, 0.25) is 0 Å². The van der Waals surface area contributed by atoms with Gasteiger partial charge in [-0.15, -0.1) is 0 Å². The highest BCUT2D eigenvalue weighted by Gasteiger charge is 2.37. The minimum absolute atomic E-state index is 0.0164. The molecule has 3 rings (SSSR count). The summed E-state index contributed by atoms with van der Waals surface area (Å²) in [6, 6.07) is 1.40. The number of hydrogen-bond acceptors (Lipinski definition) is 3. The topological polar surface area (TPSA) is 38.3 Å². The highest BCUT2D eigenvalue weighted by molar-refractivity contribution is 5.97. The lowest BCUT2D eigenvalue weighted by Crippen LogP contribution is -2.45. The Morgan fingerprint density at radius 3 is 2.94 bits per heavy atom. The second-order valence-electron chi connectivity index (χ2n) is 5.14. The fourth-order valence-corrected chi connectivity index (χ4v) is 2.44. The number of hydrogen-bond donors (Lipinski definition) is 1. The zero-order valence-corrected chi connectivity index (χ0v) is 9.89. The highest BCUT2D eigenvalue weighted by atomic mass is 19.1. The number of fused-ring (bicyclic) bond motifs is 3. The van der Waals surface area contributed by atoms with Crippen molar-refractivity contribution in [1.82, 2.24) is 0 Å². The van der Waals surface area contributed by atoms with Gasteiger partial charge in [-0.1, -0.05) is 0 Å². The van der Waals surface area contributed by atoms with Gasteiger partial charge >= 0.3 is 0 Å². The van der Waals surface area contributed by atoms with E-state index >= 15 is 0 Å². The molecule has 1 N–H and O–H groups in total. The SMILES string of the molecule is CC1(C)Nc2c(c(F)cc3c2CCO3)CC1=O. The van der Waals surface area contributed by atoms with E-state index in [4.69, 9.17) is 4.74 Å². The maximum atomic E-state index is 13.9. The first-order valence-electron chi connectivity index (χ1n) is 5.77. The van der Waals surface area contributed by atoms with Gasteiger partial charge in [-0.2, -0.15) is 0 Å². The first-order valence-corrected chi connectivity index (χ1v) is 5.77. The van der Waals surface area contributed by atoms with E-state index in [0.717, 1.165) is 17.7 Å². The zero-order chi connectivity index (χ0) is 12.2. The van der Waals surface area contributed by atoms with Crippen molar-refractivity contribution in [3.63, 3.8) is 0 Å². The summed E-state index contributed by atoms with van der Waals surface area (Å²) in [6.07, 6.45) is 0.934. The van der Waals surface area contributed by atoms with E-state index in [1.807, 2.05) is 13.8 Å². The lowest BCUT2D eigenvalue weighted by Gasteiger charge is -2.33. The number of carbonyl (C=O) groups excluding carboxylic acids is 1. The second-order valence-corrected chi connectivity index (χ2v) is 5.14. The van der Waals surface area contributed by atoms with Crippen molar-refractivity contribution in [2.45, 2.75) is 32.2 Å². The van der Waals surface area contributed by atoms with Gasteiger partial charge < -0.3 is 10.1 Å². The molecule has 0 fully saturated rings. The molecule has 4 heteroatoms. The number of nitrogens with one attached hydrogen (secondary N) is 1. The molecule has 17 heavy (non-hydrogen) atoms. The van der Waals surface area contributed by atoms with Crippen molar-refractivity contribution in [2.24, 2.45) is 0 Å². The molecule has 0 unspecified atom stereocenters. The van der Waals surface area contributed by atoms with E-state index < -0.39 is 5.54 Å². The summed E-state index contributed by atoms with van der Waals surface area (Å²) in [5.41, 5.74) is 1.62. The molecular weight excluding hydrogens is 221 g/mol. The first kappa shape index (κ1) is 10.6. The van der Waals surface area contributed by atoms with Crippen LogP contribution < -0.4 is 10.1 Å². The molecular formula is C13H14FNO2. The molecule has 0 bridgehead atoms. The van der Waals surface area contributed by atoms with Crippen molar-refractivity contribution in [2.75, 3.05) is 11.9 Å². The fraction of sp³-hybridized carbons (Fsp3) is 0.462. The standard InChI is InChI=1S/C13H14FNO2/c1-13(2)11(16)5-8-9(14)6-10-7(3-4-17-10)12(8)15-13/h6,15H,3-5H2,1-2H3. The lowest BCUT2D eigenvalue weighted by atomic mass is 9.86. The maximum Gasteiger partial charge on any atom is 0.162 e. The van der Waals surface area contributed by atoms with Crippen molar-refractivity contribution >= 4 is 11.5 Å². The van der Waals surface area contributed by atoms with E-state index in [1.54, 1.807) is 0 Å². The number of carbonyl (C=O) groups is 1. The van der Waals surface area contributed by atoms with Crippen LogP contribution in [-0.4, -0.2) is 17.9 Å². The van der Waals surface area contributed by atoms with Gasteiger partial charge in [0.25, 0.3) is 0 Å². The van der Waals surface area contributed by atoms with E-state index in [0.29, 0.717) is 17.9 Å². The van der Waals surface area contributed by atoms with Gasteiger partial charge in [-0.25, -0.2) is 4.39 Å². The number of ether oxygens (including phenoxy) is 1. The van der Waals surface area contributed by atoms with Crippen LogP contribution in [0.3, 0.4) is 0 Å². The zero-order valence-electron chi connectivity index (χ0n) is 9.89. The summed E-state index contributed by atoms with van der Waals surface area (Å²) in [5, 5.41) is 3.16. The molecule has 0 aliphatic carbocycles. The Balaban J connectivity index is 2.20. The quantitative estimate of drug-likeness (QED) is 0.748. The average molecular weight is 235 g/mol. The second kappa shape index (κ2) is 3.22. The third-order valence-corrected chi connectivity index (χ3v) is 3.53. The first-order chi connectivity index (χ1) is 7.99. The van der Waals surface area contributed by atoms with Crippen LogP contribution in [0.15, 0.2) is 6.07 Å². The number of halogens is 1. The van der Waals surface area contributed by atoms with E-state index in [9.17, 15) is 9.18 Å². The maximum absolute atomic E-state index is 13.9. The minimum atomic E-state index is -0.628. The molecule has 3 nitrogen and oxygen atoms in total. The smallest absolute Gasteiger partial charge is 0.162 e. The van der Waals surface area contributed by atoms with E-state index in [1.165, 1.54) is 6.07 Å².